The van der Waals surface area contributed by atoms with Gasteiger partial charge in [-0.15, -0.1) is 0 Å². The van der Waals surface area contributed by atoms with Crippen molar-refractivity contribution in [3.8, 4) is 5.75 Å². The van der Waals surface area contributed by atoms with Crippen LogP contribution in [0.25, 0.3) is 0 Å². The molecule has 0 unspecified atom stereocenters. The van der Waals surface area contributed by atoms with Gasteiger partial charge in [0, 0.05) is 6.42 Å². The lowest BCUT2D eigenvalue weighted by molar-refractivity contribution is -0.134. The molecule has 0 bridgehead atoms. The van der Waals surface area contributed by atoms with E-state index in [9.17, 15) is 4.79 Å². The molecule has 0 atom stereocenters. The molecular weight excluding hydrogens is 272 g/mol. The monoisotopic (exact) mass is 300 g/mol. The average Bonchev–Trinajstić information content (AvgIpc) is 2.53. The Bertz CT molecular complexity index is 476. The normalized spacial score (nSPS) is 20.5. The van der Waals surface area contributed by atoms with E-state index >= 15 is 0 Å². The number of carbonyl (C=O) groups excluding carboxylic acids is 1. The first-order valence-electron chi connectivity index (χ1n) is 8.80. The summed E-state index contributed by atoms with van der Waals surface area (Å²) in [7, 11) is 0. The van der Waals surface area contributed by atoms with Crippen LogP contribution < -0.4 is 4.74 Å². The molecule has 1 aromatic carbocycles. The summed E-state index contributed by atoms with van der Waals surface area (Å²) in [5.74, 6) is 0.627. The fraction of sp³-hybridized carbons (Fsp3) is 0.550. The van der Waals surface area contributed by atoms with Crippen molar-refractivity contribution in [1.82, 2.24) is 0 Å². The van der Waals surface area contributed by atoms with E-state index in [-0.39, 0.29) is 5.97 Å². The summed E-state index contributed by atoms with van der Waals surface area (Å²) in [5.41, 5.74) is 1.09. The summed E-state index contributed by atoms with van der Waals surface area (Å²) in [5, 5.41) is 0. The van der Waals surface area contributed by atoms with E-state index < -0.39 is 0 Å². The third-order valence-electron chi connectivity index (χ3n) is 4.20. The van der Waals surface area contributed by atoms with E-state index in [1.165, 1.54) is 38.5 Å². The molecule has 0 saturated heterocycles. The van der Waals surface area contributed by atoms with E-state index in [0.29, 0.717) is 6.42 Å². The third-order valence-corrected chi connectivity index (χ3v) is 4.20. The van der Waals surface area contributed by atoms with Crippen molar-refractivity contribution in [1.29, 1.82) is 0 Å². The minimum atomic E-state index is -0.0965. The van der Waals surface area contributed by atoms with Crippen molar-refractivity contribution >= 4 is 5.97 Å². The van der Waals surface area contributed by atoms with Gasteiger partial charge in [0.05, 0.1) is 0 Å². The van der Waals surface area contributed by atoms with Gasteiger partial charge in [0.15, 0.2) is 0 Å². The van der Waals surface area contributed by atoms with Gasteiger partial charge >= 0.3 is 5.97 Å². The number of hydrogen-bond donors (Lipinski definition) is 0. The van der Waals surface area contributed by atoms with Crippen molar-refractivity contribution in [3.63, 3.8) is 0 Å². The predicted octanol–water partition coefficient (Wildman–Crippen LogP) is 5.61. The van der Waals surface area contributed by atoms with Crippen molar-refractivity contribution in [2.45, 2.75) is 70.6 Å². The summed E-state index contributed by atoms with van der Waals surface area (Å²) in [6, 6.07) is 7.87. The molecule has 120 valence electrons. The smallest absolute Gasteiger partial charge is 0.311 e. The van der Waals surface area contributed by atoms with Crippen molar-refractivity contribution in [3.05, 3.63) is 42.0 Å². The van der Waals surface area contributed by atoms with Gasteiger partial charge in [0.1, 0.15) is 5.75 Å². The number of rotatable bonds is 0. The molecule has 2 heteroatoms. The highest BCUT2D eigenvalue weighted by Crippen LogP contribution is 2.20. The molecule has 2 rings (SSSR count). The minimum Gasteiger partial charge on any atom is -0.426 e. The first-order chi connectivity index (χ1) is 10.9. The van der Waals surface area contributed by atoms with Crippen LogP contribution in [0.3, 0.4) is 0 Å². The Balaban J connectivity index is 1.96. The van der Waals surface area contributed by atoms with Gasteiger partial charge in [0.25, 0.3) is 0 Å². The van der Waals surface area contributed by atoms with E-state index in [1.54, 1.807) is 0 Å². The summed E-state index contributed by atoms with van der Waals surface area (Å²) in [6.07, 6.45) is 16.9. The highest BCUT2D eigenvalue weighted by Gasteiger charge is 2.08. The van der Waals surface area contributed by atoms with E-state index in [4.69, 9.17) is 4.74 Å². The van der Waals surface area contributed by atoms with Crippen LogP contribution in [0.4, 0.5) is 0 Å². The second kappa shape index (κ2) is 10.2. The van der Waals surface area contributed by atoms with Crippen LogP contribution in [-0.2, 0) is 11.2 Å². The second-order valence-electron chi connectivity index (χ2n) is 6.12. The van der Waals surface area contributed by atoms with Crippen molar-refractivity contribution in [2.75, 3.05) is 0 Å². The van der Waals surface area contributed by atoms with Crippen LogP contribution in [0.15, 0.2) is 36.4 Å². The standard InChI is InChI=1S/C20H28O2/c21-20-17-11-9-7-5-3-1-2-4-6-8-10-14-18-15-12-13-16-19(18)22-20/h8,10,12-13,15-16H,1-7,9,11,14,17H2/b10-8+. The maximum absolute atomic E-state index is 12.0. The van der Waals surface area contributed by atoms with Gasteiger partial charge < -0.3 is 4.74 Å². The Hall–Kier alpha value is -1.57. The van der Waals surface area contributed by atoms with E-state index in [0.717, 1.165) is 37.0 Å². The Kier molecular flexibility index (Phi) is 7.79. The molecule has 0 radical (unpaired) electrons. The van der Waals surface area contributed by atoms with Crippen LogP contribution >= 0.6 is 0 Å². The first-order valence-corrected chi connectivity index (χ1v) is 8.80. The molecule has 1 aromatic rings. The lowest BCUT2D eigenvalue weighted by atomic mass is 10.1. The molecule has 0 aliphatic carbocycles. The molecule has 1 aliphatic rings. The first kappa shape index (κ1) is 16.8. The molecule has 1 aliphatic heterocycles. The Labute approximate surface area is 134 Å². The number of carbonyl (C=O) groups is 1. The number of fused-ring (bicyclic) bond motifs is 1. The summed E-state index contributed by atoms with van der Waals surface area (Å²) >= 11 is 0. The van der Waals surface area contributed by atoms with Gasteiger partial charge in [-0.1, -0.05) is 68.9 Å². The molecule has 2 nitrogen and oxygen atoms in total. The van der Waals surface area contributed by atoms with Gasteiger partial charge in [-0.05, 0) is 37.3 Å². The number of benzene rings is 1. The summed E-state index contributed by atoms with van der Waals surface area (Å²) in [4.78, 5) is 12.0. The molecule has 1 heterocycles. The van der Waals surface area contributed by atoms with Crippen molar-refractivity contribution in [2.24, 2.45) is 0 Å². The van der Waals surface area contributed by atoms with Gasteiger partial charge in [-0.3, -0.25) is 4.79 Å². The van der Waals surface area contributed by atoms with Crippen molar-refractivity contribution < 1.29 is 9.53 Å². The zero-order valence-corrected chi connectivity index (χ0v) is 13.6. The molecular formula is C20H28O2. The van der Waals surface area contributed by atoms with Gasteiger partial charge in [-0.2, -0.15) is 0 Å². The fourth-order valence-corrected chi connectivity index (χ4v) is 2.87. The van der Waals surface area contributed by atoms with Gasteiger partial charge in [0.2, 0.25) is 0 Å². The lowest BCUT2D eigenvalue weighted by Gasteiger charge is -2.08. The van der Waals surface area contributed by atoms with Crippen LogP contribution in [0.2, 0.25) is 0 Å². The van der Waals surface area contributed by atoms with E-state index in [2.05, 4.69) is 12.2 Å². The van der Waals surface area contributed by atoms with Gasteiger partial charge in [-0.25, -0.2) is 0 Å². The predicted molar refractivity (Wildman–Crippen MR) is 91.1 cm³/mol. The number of esters is 1. The molecule has 0 spiro atoms. The fourth-order valence-electron chi connectivity index (χ4n) is 2.87. The Morgan fingerprint density at radius 2 is 1.45 bits per heavy atom. The largest absolute Gasteiger partial charge is 0.426 e. The molecule has 0 fully saturated rings. The quantitative estimate of drug-likeness (QED) is 0.354. The maximum atomic E-state index is 12.0. The highest BCUT2D eigenvalue weighted by molar-refractivity contribution is 5.72. The third kappa shape index (κ3) is 6.46. The molecule has 0 amide bonds. The maximum Gasteiger partial charge on any atom is 0.311 e. The van der Waals surface area contributed by atoms with E-state index in [1.807, 2.05) is 24.3 Å². The van der Waals surface area contributed by atoms with Crippen LogP contribution in [0.1, 0.15) is 69.8 Å². The van der Waals surface area contributed by atoms with Crippen LogP contribution in [-0.4, -0.2) is 5.97 Å². The highest BCUT2D eigenvalue weighted by atomic mass is 16.5. The second-order valence-corrected chi connectivity index (χ2v) is 6.12. The average molecular weight is 300 g/mol. The minimum absolute atomic E-state index is 0.0965. The zero-order valence-electron chi connectivity index (χ0n) is 13.6. The molecule has 0 saturated carbocycles. The number of para-hydroxylation sites is 1. The molecule has 0 aromatic heterocycles. The number of hydrogen-bond acceptors (Lipinski definition) is 2. The molecule has 0 N–H and O–H groups in total. The summed E-state index contributed by atoms with van der Waals surface area (Å²) < 4.78 is 5.55. The lowest BCUT2D eigenvalue weighted by Crippen LogP contribution is -2.09. The number of ether oxygens (including phenoxy) is 1. The molecule has 22 heavy (non-hydrogen) atoms. The Morgan fingerprint density at radius 1 is 0.773 bits per heavy atom. The zero-order chi connectivity index (χ0) is 15.5. The van der Waals surface area contributed by atoms with Crippen LogP contribution in [0, 0.1) is 0 Å². The summed E-state index contributed by atoms with van der Waals surface area (Å²) in [6.45, 7) is 0. The number of allylic oxidation sites excluding steroid dienone is 2. The topological polar surface area (TPSA) is 26.3 Å². The SMILES string of the molecule is O=C1CCCCCCCCCC/C=C/Cc2ccccc2O1. The van der Waals surface area contributed by atoms with Crippen LogP contribution in [0.5, 0.6) is 5.75 Å². The Morgan fingerprint density at radius 3 is 2.27 bits per heavy atom.